The number of rotatable bonds is 5. The third kappa shape index (κ3) is 4.15. The molecule has 4 aromatic rings. The van der Waals surface area contributed by atoms with Crippen molar-refractivity contribution in [1.82, 2.24) is 9.55 Å². The van der Waals surface area contributed by atoms with Gasteiger partial charge in [0, 0.05) is 21.8 Å². The van der Waals surface area contributed by atoms with Crippen LogP contribution in [0, 0.1) is 18.3 Å². The van der Waals surface area contributed by atoms with Crippen molar-refractivity contribution < 1.29 is 9.53 Å². The summed E-state index contributed by atoms with van der Waals surface area (Å²) in [6.07, 6.45) is 0. The highest BCUT2D eigenvalue weighted by Gasteiger charge is 2.45. The molecular formula is C29H24Cl2N4O2. The lowest BCUT2D eigenvalue weighted by atomic mass is 10.0. The average molecular weight is 531 g/mol. The van der Waals surface area contributed by atoms with Gasteiger partial charge in [-0.3, -0.25) is 9.69 Å². The fraction of sp³-hybridized carbons (Fsp3) is 0.207. The van der Waals surface area contributed by atoms with E-state index in [4.69, 9.17) is 32.9 Å². The zero-order valence-electron chi connectivity index (χ0n) is 20.8. The van der Waals surface area contributed by atoms with Crippen LogP contribution in [-0.2, 0) is 0 Å². The van der Waals surface area contributed by atoms with E-state index in [1.54, 1.807) is 24.1 Å². The van der Waals surface area contributed by atoms with E-state index in [2.05, 4.69) is 24.5 Å². The van der Waals surface area contributed by atoms with Crippen LogP contribution in [0.3, 0.4) is 0 Å². The van der Waals surface area contributed by atoms with Crippen LogP contribution in [0.25, 0.3) is 11.4 Å². The number of nitriles is 1. The first-order chi connectivity index (χ1) is 17.7. The molecule has 1 aromatic heterocycles. The summed E-state index contributed by atoms with van der Waals surface area (Å²) in [5.74, 6) is 0.910. The number of aromatic nitrogens is 2. The van der Waals surface area contributed by atoms with Gasteiger partial charge in [-0.15, -0.1) is 0 Å². The lowest BCUT2D eigenvalue weighted by molar-refractivity contribution is 0.0989. The van der Waals surface area contributed by atoms with Gasteiger partial charge in [0.05, 0.1) is 30.0 Å². The number of halogens is 2. The third-order valence-electron chi connectivity index (χ3n) is 6.59. The first-order valence-electron chi connectivity index (χ1n) is 11.8. The van der Waals surface area contributed by atoms with Gasteiger partial charge in [-0.2, -0.15) is 5.26 Å². The summed E-state index contributed by atoms with van der Waals surface area (Å²) in [5, 5.41) is 10.5. The van der Waals surface area contributed by atoms with Gasteiger partial charge in [0.25, 0.3) is 5.91 Å². The molecule has 186 valence electrons. The molecule has 0 saturated heterocycles. The highest BCUT2D eigenvalue weighted by Crippen LogP contribution is 2.46. The molecule has 0 saturated carbocycles. The van der Waals surface area contributed by atoms with E-state index in [9.17, 15) is 10.1 Å². The molecule has 1 amide bonds. The summed E-state index contributed by atoms with van der Waals surface area (Å²) < 4.78 is 7.70. The van der Waals surface area contributed by atoms with Gasteiger partial charge in [0.15, 0.2) is 5.69 Å². The number of hydrogen-bond acceptors (Lipinski definition) is 4. The predicted octanol–water partition coefficient (Wildman–Crippen LogP) is 7.38. The Balaban J connectivity index is 1.80. The average Bonchev–Trinajstić information content (AvgIpc) is 3.40. The lowest BCUT2D eigenvalue weighted by Gasteiger charge is -2.29. The van der Waals surface area contributed by atoms with E-state index in [0.717, 1.165) is 22.5 Å². The highest BCUT2D eigenvalue weighted by molar-refractivity contribution is 6.31. The number of anilines is 1. The molecule has 5 rings (SSSR count). The first-order valence-corrected chi connectivity index (χ1v) is 12.6. The Morgan fingerprint density at radius 2 is 1.73 bits per heavy atom. The van der Waals surface area contributed by atoms with Crippen LogP contribution in [-0.4, -0.2) is 22.6 Å². The quantitative estimate of drug-likeness (QED) is 0.270. The van der Waals surface area contributed by atoms with Crippen molar-refractivity contribution in [3.05, 3.63) is 98.8 Å². The van der Waals surface area contributed by atoms with Crippen LogP contribution in [0.5, 0.6) is 5.75 Å². The minimum Gasteiger partial charge on any atom is -0.496 e. The number of amides is 1. The Hall–Kier alpha value is -3.79. The number of carbonyl (C=O) groups is 1. The molecule has 1 aliphatic rings. The van der Waals surface area contributed by atoms with Crippen LogP contribution >= 0.6 is 23.2 Å². The molecule has 0 spiro atoms. The smallest absolute Gasteiger partial charge is 0.279 e. The molecular weight excluding hydrogens is 507 g/mol. The number of aryl methyl sites for hydroxylation is 1. The second kappa shape index (κ2) is 9.59. The van der Waals surface area contributed by atoms with Gasteiger partial charge in [0.2, 0.25) is 0 Å². The predicted molar refractivity (Wildman–Crippen MR) is 146 cm³/mol. The first kappa shape index (κ1) is 24.9. The second-order valence-electron chi connectivity index (χ2n) is 9.22. The minimum atomic E-state index is -0.454. The fourth-order valence-corrected chi connectivity index (χ4v) is 5.21. The lowest BCUT2D eigenvalue weighted by Crippen LogP contribution is -2.31. The molecule has 0 bridgehead atoms. The number of imidazole rings is 1. The zero-order valence-corrected chi connectivity index (χ0v) is 22.3. The second-order valence-corrected chi connectivity index (χ2v) is 10.1. The Labute approximate surface area is 225 Å². The molecule has 0 N–H and O–H groups in total. The molecule has 0 radical (unpaired) electrons. The minimum absolute atomic E-state index is 0.0328. The van der Waals surface area contributed by atoms with Crippen LogP contribution in [0.1, 0.15) is 58.8 Å². The van der Waals surface area contributed by atoms with Crippen LogP contribution < -0.4 is 9.64 Å². The molecule has 0 aliphatic carbocycles. The Bertz CT molecular complexity index is 1570. The Kier molecular flexibility index (Phi) is 6.45. The number of benzene rings is 3. The molecule has 0 fully saturated rings. The number of carbonyl (C=O) groups excluding carboxylic acids is 1. The van der Waals surface area contributed by atoms with Crippen molar-refractivity contribution in [2.24, 2.45) is 0 Å². The number of methoxy groups -OCH3 is 1. The van der Waals surface area contributed by atoms with E-state index >= 15 is 0 Å². The van der Waals surface area contributed by atoms with E-state index in [1.807, 2.05) is 55.5 Å². The topological polar surface area (TPSA) is 71.2 Å². The standard InChI is InChI=1S/C29H24Cl2N4O2/c1-16(2)34-27-25(33-28(34)22-12-6-18(15-32)13-24(22)37-4)29(36)35(23-14-21(31)9-5-17(23)3)26(27)19-7-10-20(30)11-8-19/h5-14,16,26H,1-4H3. The highest BCUT2D eigenvalue weighted by atomic mass is 35.5. The zero-order chi connectivity index (χ0) is 26.4. The maximum absolute atomic E-state index is 14.1. The molecule has 8 heteroatoms. The summed E-state index contributed by atoms with van der Waals surface area (Å²) in [6, 6.07) is 19.9. The number of hydrogen-bond donors (Lipinski definition) is 0. The molecule has 3 aromatic carbocycles. The van der Waals surface area contributed by atoms with Crippen LogP contribution in [0.4, 0.5) is 5.69 Å². The van der Waals surface area contributed by atoms with Crippen molar-refractivity contribution in [1.29, 1.82) is 5.26 Å². The largest absolute Gasteiger partial charge is 0.496 e. The van der Waals surface area contributed by atoms with Gasteiger partial charge in [0.1, 0.15) is 17.6 Å². The maximum Gasteiger partial charge on any atom is 0.279 e. The van der Waals surface area contributed by atoms with E-state index in [1.165, 1.54) is 0 Å². The monoisotopic (exact) mass is 530 g/mol. The van der Waals surface area contributed by atoms with Crippen LogP contribution in [0.15, 0.2) is 60.7 Å². The van der Waals surface area contributed by atoms with E-state index in [-0.39, 0.29) is 11.9 Å². The Morgan fingerprint density at radius 3 is 2.38 bits per heavy atom. The van der Waals surface area contributed by atoms with Gasteiger partial charge < -0.3 is 9.30 Å². The Morgan fingerprint density at radius 1 is 1.03 bits per heavy atom. The van der Waals surface area contributed by atoms with Gasteiger partial charge >= 0.3 is 0 Å². The normalized spacial score (nSPS) is 14.7. The van der Waals surface area contributed by atoms with E-state index < -0.39 is 6.04 Å². The van der Waals surface area contributed by atoms with Crippen molar-refractivity contribution in [2.45, 2.75) is 32.9 Å². The third-order valence-corrected chi connectivity index (χ3v) is 7.08. The molecule has 2 heterocycles. The van der Waals surface area contributed by atoms with Crippen LogP contribution in [0.2, 0.25) is 10.0 Å². The molecule has 6 nitrogen and oxygen atoms in total. The molecule has 1 unspecified atom stereocenters. The number of fused-ring (bicyclic) bond motifs is 1. The number of ether oxygens (including phenoxy) is 1. The fourth-order valence-electron chi connectivity index (χ4n) is 4.92. The SMILES string of the molecule is COc1cc(C#N)ccc1-c1nc2c(n1C(C)C)C(c1ccc(Cl)cc1)N(c1cc(Cl)ccc1C)C2=O. The van der Waals surface area contributed by atoms with Gasteiger partial charge in [-0.25, -0.2) is 4.98 Å². The van der Waals surface area contributed by atoms with Crippen molar-refractivity contribution in [3.63, 3.8) is 0 Å². The van der Waals surface area contributed by atoms with Gasteiger partial charge in [-0.05, 0) is 74.4 Å². The maximum atomic E-state index is 14.1. The van der Waals surface area contributed by atoms with Crippen molar-refractivity contribution >= 4 is 34.8 Å². The van der Waals surface area contributed by atoms with Gasteiger partial charge in [-0.1, -0.05) is 41.4 Å². The molecule has 1 aliphatic heterocycles. The summed E-state index contributed by atoms with van der Waals surface area (Å²) in [5.41, 5.74) is 4.88. The summed E-state index contributed by atoms with van der Waals surface area (Å²) in [6.45, 7) is 6.06. The van der Waals surface area contributed by atoms with Crippen molar-refractivity contribution in [3.8, 4) is 23.2 Å². The van der Waals surface area contributed by atoms with E-state index in [0.29, 0.717) is 38.4 Å². The van der Waals surface area contributed by atoms with Crippen molar-refractivity contribution in [2.75, 3.05) is 12.0 Å². The summed E-state index contributed by atoms with van der Waals surface area (Å²) >= 11 is 12.6. The summed E-state index contributed by atoms with van der Waals surface area (Å²) in [4.78, 5) is 20.8. The summed E-state index contributed by atoms with van der Waals surface area (Å²) in [7, 11) is 1.56. The molecule has 1 atom stereocenters. The number of nitrogens with zero attached hydrogens (tertiary/aromatic N) is 4. The molecule has 37 heavy (non-hydrogen) atoms.